The Labute approximate surface area is 442 Å². The van der Waals surface area contributed by atoms with Gasteiger partial charge in [0, 0.05) is 63.6 Å². The van der Waals surface area contributed by atoms with Crippen LogP contribution in [-0.4, -0.2) is 69.2 Å². The third-order valence-corrected chi connectivity index (χ3v) is 16.2. The van der Waals surface area contributed by atoms with E-state index < -0.39 is 60.0 Å². The zero-order valence-electron chi connectivity index (χ0n) is 42.7. The van der Waals surface area contributed by atoms with Crippen molar-refractivity contribution >= 4 is 51.1 Å². The number of amides is 2. The molecule has 0 radical (unpaired) electrons. The van der Waals surface area contributed by atoms with Crippen LogP contribution in [0.4, 0.5) is 47.6 Å². The van der Waals surface area contributed by atoms with Gasteiger partial charge in [-0.25, -0.2) is 19.6 Å². The Kier molecular flexibility index (Phi) is 17.3. The van der Waals surface area contributed by atoms with Crippen LogP contribution in [0.2, 0.25) is 0 Å². The average Bonchev–Trinajstić information content (AvgIpc) is 4.08. The van der Waals surface area contributed by atoms with E-state index in [2.05, 4.69) is 45.6 Å². The van der Waals surface area contributed by atoms with Gasteiger partial charge in [0.05, 0.1) is 36.3 Å². The summed E-state index contributed by atoms with van der Waals surface area (Å²) < 4.78 is 92.8. The Bertz CT molecular complexity index is 2750. The zero-order valence-corrected chi connectivity index (χ0v) is 45.1. The van der Waals surface area contributed by atoms with Crippen molar-refractivity contribution in [1.82, 2.24) is 19.8 Å². The summed E-state index contributed by atoms with van der Waals surface area (Å²) in [6.45, 7) is 13.3. The first kappa shape index (κ1) is 54.9. The molecule has 10 nitrogen and oxygen atoms in total. The number of nitrogens with zero attached hydrogens (tertiary/aromatic N) is 6. The van der Waals surface area contributed by atoms with Crippen molar-refractivity contribution < 1.29 is 45.4 Å². The molecule has 0 N–H and O–H groups in total. The van der Waals surface area contributed by atoms with Crippen LogP contribution >= 0.6 is 27.3 Å². The molecule has 9 rings (SSSR count). The Hall–Kier alpha value is -5.36. The lowest BCUT2D eigenvalue weighted by atomic mass is 9.93. The Morgan fingerprint density at radius 1 is 0.649 bits per heavy atom. The monoisotopic (exact) mass is 1110 g/mol. The van der Waals surface area contributed by atoms with E-state index in [9.17, 15) is 35.9 Å². The third-order valence-electron chi connectivity index (χ3n) is 14.9. The Morgan fingerprint density at radius 3 is 1.51 bits per heavy atom. The minimum atomic E-state index is -4.47. The maximum absolute atomic E-state index is 13.5. The van der Waals surface area contributed by atoms with E-state index >= 15 is 0 Å². The summed E-state index contributed by atoms with van der Waals surface area (Å²) >= 11 is 5.13. The van der Waals surface area contributed by atoms with Crippen LogP contribution in [0.1, 0.15) is 149 Å². The number of thiophene rings is 1. The number of carbonyl (C=O) groups excluding carboxylic acids is 2. The van der Waals surface area contributed by atoms with Crippen LogP contribution in [0.5, 0.6) is 0 Å². The Morgan fingerprint density at radius 2 is 1.09 bits per heavy atom. The molecule has 5 heterocycles. The number of halogens is 7. The number of anilines is 2. The molecule has 1 unspecified atom stereocenters. The topological polar surface area (TPSA) is 91.3 Å². The number of cyclic esters (lactones) is 2. The number of aromatic nitrogens is 2. The van der Waals surface area contributed by atoms with Crippen molar-refractivity contribution in [3.63, 3.8) is 0 Å². The lowest BCUT2D eigenvalue weighted by Crippen LogP contribution is -2.39. The van der Waals surface area contributed by atoms with Gasteiger partial charge in [0.15, 0.2) is 0 Å². The molecule has 2 saturated carbocycles. The second-order valence-corrected chi connectivity index (χ2v) is 21.9. The normalized spacial score (nSPS) is 20.8. The fourth-order valence-electron chi connectivity index (χ4n) is 11.2. The van der Waals surface area contributed by atoms with Gasteiger partial charge >= 0.3 is 24.5 Å². The van der Waals surface area contributed by atoms with Crippen LogP contribution in [0.15, 0.2) is 82.9 Å². The number of alkyl halides is 6. The maximum Gasteiger partial charge on any atom is 0.416 e. The number of hydrogen-bond acceptors (Lipinski definition) is 9. The lowest BCUT2D eigenvalue weighted by Gasteiger charge is -2.36. The van der Waals surface area contributed by atoms with Gasteiger partial charge in [0.2, 0.25) is 0 Å². The standard InChI is InChI=1S/C30H34F3N3O2S.C26H31BrF3N3O2/c1-4-35(25-9-6-5-7-10-25)28-23(15-22(17-34-28)26-11-8-12-39-26)18-36-20(3)27(38-29(36)37)21-13-19(2)14-24(16-21)30(31,32)33;1-4-32(22-8-6-5-7-9-22)24-19(13-21(27)14-31-24)15-33-17(3)23(35-25(33)34)18-10-16(2)11-20(12-18)26(28,29)30/h8,11-17,20,25,27H,4-7,9-10,18H2,1-3H3;10-14,17,22-23H,4-9,15H2,1-3H3/t20-,27?;17-,23-/m00/s1. The molecule has 4 atom stereocenters. The SMILES string of the molecule is CCN(c1ncc(-c2cccs2)cc1CN1C(=O)OC(c2cc(C)cc(C(F)(F)F)c2)[C@@H]1C)C1CCCCC1.CCN(c1ncc(Br)cc1CN1C(=O)O[C@H](c2cc(C)cc(C(F)(F)F)c2)[C@@H]1C)C1CCCCC1. The van der Waals surface area contributed by atoms with Crippen LogP contribution in [0, 0.1) is 13.8 Å². The van der Waals surface area contributed by atoms with Crippen LogP contribution in [0.25, 0.3) is 10.4 Å². The molecule has 4 fully saturated rings. The average molecular weight is 1110 g/mol. The predicted octanol–water partition coefficient (Wildman–Crippen LogP) is 15.8. The van der Waals surface area contributed by atoms with E-state index in [0.717, 1.165) is 101 Å². The van der Waals surface area contributed by atoms with Crippen molar-refractivity contribution in [2.24, 2.45) is 0 Å². The predicted molar refractivity (Wildman–Crippen MR) is 280 cm³/mol. The summed E-state index contributed by atoms with van der Waals surface area (Å²) in [4.78, 5) is 44.7. The largest absolute Gasteiger partial charge is 0.439 e. The number of hydrogen-bond donors (Lipinski definition) is 0. The fourth-order valence-corrected chi connectivity index (χ4v) is 12.3. The molecular formula is C56H65BrF6N6O4S. The quantitative estimate of drug-likeness (QED) is 0.108. The highest BCUT2D eigenvalue weighted by atomic mass is 79.9. The van der Waals surface area contributed by atoms with Gasteiger partial charge < -0.3 is 19.3 Å². The van der Waals surface area contributed by atoms with Gasteiger partial charge in [-0.3, -0.25) is 9.80 Å². The van der Waals surface area contributed by atoms with Crippen molar-refractivity contribution in [3.05, 3.63) is 127 Å². The lowest BCUT2D eigenvalue weighted by molar-refractivity contribution is -0.138. The van der Waals surface area contributed by atoms with E-state index in [0.29, 0.717) is 34.3 Å². The third kappa shape index (κ3) is 12.5. The maximum atomic E-state index is 13.5. The zero-order chi connectivity index (χ0) is 53.1. The van der Waals surface area contributed by atoms with Crippen LogP contribution in [-0.2, 0) is 34.9 Å². The van der Waals surface area contributed by atoms with Gasteiger partial charge in [-0.05, 0) is 142 Å². The van der Waals surface area contributed by atoms with Crippen molar-refractivity contribution in [1.29, 1.82) is 0 Å². The van der Waals surface area contributed by atoms with E-state index in [4.69, 9.17) is 19.4 Å². The molecule has 2 aromatic carbocycles. The minimum absolute atomic E-state index is 0.263. The molecule has 2 aliphatic carbocycles. The molecule has 18 heteroatoms. The molecule has 2 aliphatic heterocycles. The van der Waals surface area contributed by atoms with Gasteiger partial charge in [0.1, 0.15) is 23.8 Å². The van der Waals surface area contributed by atoms with E-state index in [1.54, 1.807) is 53.3 Å². The van der Waals surface area contributed by atoms with Gasteiger partial charge in [-0.2, -0.15) is 26.3 Å². The second kappa shape index (κ2) is 23.3. The van der Waals surface area contributed by atoms with Crippen molar-refractivity contribution in [2.45, 2.75) is 168 Å². The summed E-state index contributed by atoms with van der Waals surface area (Å²) in [6, 6.07) is 15.7. The second-order valence-electron chi connectivity index (χ2n) is 20.1. The highest BCUT2D eigenvalue weighted by molar-refractivity contribution is 9.10. The summed E-state index contributed by atoms with van der Waals surface area (Å²) in [5, 5.41) is 2.02. The first-order valence-corrected chi connectivity index (χ1v) is 27.4. The summed E-state index contributed by atoms with van der Waals surface area (Å²) in [6.07, 6.45) is 3.81. The number of benzene rings is 2. The van der Waals surface area contributed by atoms with E-state index in [-0.39, 0.29) is 13.1 Å². The minimum Gasteiger partial charge on any atom is -0.439 e. The number of rotatable bonds is 13. The number of carbonyl (C=O) groups is 2. The molecule has 0 bridgehead atoms. The van der Waals surface area contributed by atoms with Crippen molar-refractivity contribution in [3.8, 4) is 10.4 Å². The molecule has 3 aromatic heterocycles. The number of ether oxygens (including phenoxy) is 2. The first-order chi connectivity index (χ1) is 35.2. The molecule has 74 heavy (non-hydrogen) atoms. The smallest absolute Gasteiger partial charge is 0.416 e. The molecule has 0 spiro atoms. The van der Waals surface area contributed by atoms with Crippen LogP contribution in [0.3, 0.4) is 0 Å². The molecule has 5 aromatic rings. The molecule has 2 saturated heterocycles. The van der Waals surface area contributed by atoms with Crippen molar-refractivity contribution in [2.75, 3.05) is 22.9 Å². The molecule has 398 valence electrons. The summed E-state index contributed by atoms with van der Waals surface area (Å²) in [5.74, 6) is 1.71. The number of aryl methyl sites for hydroxylation is 2. The first-order valence-electron chi connectivity index (χ1n) is 25.8. The molecule has 4 aliphatic rings. The molecule has 2 amide bonds. The summed E-state index contributed by atoms with van der Waals surface area (Å²) in [7, 11) is 0. The highest BCUT2D eigenvalue weighted by Gasteiger charge is 2.44. The van der Waals surface area contributed by atoms with E-state index in [1.165, 1.54) is 38.5 Å². The van der Waals surface area contributed by atoms with Gasteiger partial charge in [-0.15, -0.1) is 11.3 Å². The molecular weight excluding hydrogens is 1050 g/mol. The summed E-state index contributed by atoms with van der Waals surface area (Å²) in [5.41, 5.74) is 2.96. The number of pyridine rings is 2. The van der Waals surface area contributed by atoms with Crippen LogP contribution < -0.4 is 9.80 Å². The Balaban J connectivity index is 0.000000198. The fraction of sp³-hybridized carbons (Fsp3) is 0.500. The van der Waals surface area contributed by atoms with Gasteiger partial charge in [-0.1, -0.05) is 67.9 Å². The van der Waals surface area contributed by atoms with E-state index in [1.807, 2.05) is 43.6 Å². The van der Waals surface area contributed by atoms with Gasteiger partial charge in [0.25, 0.3) is 0 Å². The highest BCUT2D eigenvalue weighted by Crippen LogP contribution is 2.42.